The first-order valence-electron chi connectivity index (χ1n) is 11.0. The standard InChI is InChI=1S/C23H33N5O2S.HI/c1-24-23(28-11-9-27(10-12-28)22-4-3-17-31-22)25-18-21(26-13-15-30-16-14-26)19-5-7-20(29-2)8-6-19;/h3-8,17,21H,9-16,18H2,1-2H3,(H,24,25);1H. The summed E-state index contributed by atoms with van der Waals surface area (Å²) >= 11 is 1.81. The average Bonchev–Trinajstić information content (AvgIpc) is 3.38. The van der Waals surface area contributed by atoms with Gasteiger partial charge in [-0.3, -0.25) is 9.89 Å². The molecule has 0 spiro atoms. The molecule has 9 heteroatoms. The number of guanidine groups is 1. The van der Waals surface area contributed by atoms with Crippen molar-refractivity contribution in [2.75, 3.05) is 78.1 Å². The Kier molecular flexibility index (Phi) is 9.89. The van der Waals surface area contributed by atoms with Crippen molar-refractivity contribution in [3.8, 4) is 5.75 Å². The van der Waals surface area contributed by atoms with Gasteiger partial charge in [-0.2, -0.15) is 0 Å². The van der Waals surface area contributed by atoms with Crippen LogP contribution in [0.3, 0.4) is 0 Å². The maximum absolute atomic E-state index is 5.59. The third-order valence-corrected chi connectivity index (χ3v) is 6.98. The second-order valence-corrected chi connectivity index (χ2v) is 8.72. The van der Waals surface area contributed by atoms with Crippen molar-refractivity contribution in [1.29, 1.82) is 0 Å². The van der Waals surface area contributed by atoms with Crippen LogP contribution in [-0.2, 0) is 4.74 Å². The smallest absolute Gasteiger partial charge is 0.193 e. The molecule has 32 heavy (non-hydrogen) atoms. The highest BCUT2D eigenvalue weighted by Gasteiger charge is 2.25. The molecule has 0 saturated carbocycles. The first-order chi connectivity index (χ1) is 15.3. The van der Waals surface area contributed by atoms with Crippen LogP contribution in [0.5, 0.6) is 5.75 Å². The minimum absolute atomic E-state index is 0. The molecule has 7 nitrogen and oxygen atoms in total. The molecular formula is C23H34IN5O2S. The molecule has 2 aliphatic heterocycles. The summed E-state index contributed by atoms with van der Waals surface area (Å²) in [7, 11) is 3.59. The number of halogens is 1. The zero-order chi connectivity index (χ0) is 21.5. The van der Waals surface area contributed by atoms with Gasteiger partial charge >= 0.3 is 0 Å². The van der Waals surface area contributed by atoms with Gasteiger partial charge in [0.05, 0.1) is 31.4 Å². The zero-order valence-electron chi connectivity index (χ0n) is 18.9. The van der Waals surface area contributed by atoms with E-state index in [0.29, 0.717) is 0 Å². The number of aliphatic imine (C=N–C) groups is 1. The lowest BCUT2D eigenvalue weighted by Crippen LogP contribution is -2.53. The first-order valence-corrected chi connectivity index (χ1v) is 11.9. The minimum atomic E-state index is 0. The molecule has 3 heterocycles. The van der Waals surface area contributed by atoms with Crippen molar-refractivity contribution in [2.24, 2.45) is 4.99 Å². The highest BCUT2D eigenvalue weighted by atomic mass is 127. The number of anilines is 1. The maximum Gasteiger partial charge on any atom is 0.193 e. The lowest BCUT2D eigenvalue weighted by molar-refractivity contribution is 0.0169. The molecule has 4 rings (SSSR count). The van der Waals surface area contributed by atoms with Gasteiger partial charge in [-0.25, -0.2) is 0 Å². The fourth-order valence-corrected chi connectivity index (χ4v) is 5.07. The molecule has 2 aliphatic rings. The third-order valence-electron chi connectivity index (χ3n) is 6.05. The monoisotopic (exact) mass is 571 g/mol. The Morgan fingerprint density at radius 1 is 1.09 bits per heavy atom. The van der Waals surface area contributed by atoms with Crippen LogP contribution in [-0.4, -0.2) is 88.9 Å². The molecule has 0 bridgehead atoms. The molecule has 1 aromatic carbocycles. The number of nitrogens with zero attached hydrogens (tertiary/aromatic N) is 4. The number of morpholine rings is 1. The fourth-order valence-electron chi connectivity index (χ4n) is 4.28. The highest BCUT2D eigenvalue weighted by molar-refractivity contribution is 14.0. The number of hydrogen-bond acceptors (Lipinski definition) is 6. The molecule has 2 aromatic rings. The van der Waals surface area contributed by atoms with Gasteiger partial charge in [0.2, 0.25) is 0 Å². The lowest BCUT2D eigenvalue weighted by Gasteiger charge is -2.39. The Hall–Kier alpha value is -1.56. The van der Waals surface area contributed by atoms with Crippen molar-refractivity contribution in [3.63, 3.8) is 0 Å². The summed E-state index contributed by atoms with van der Waals surface area (Å²) in [6, 6.07) is 13.0. The summed E-state index contributed by atoms with van der Waals surface area (Å²) in [5.74, 6) is 1.87. The molecule has 176 valence electrons. The molecule has 0 amide bonds. The van der Waals surface area contributed by atoms with Crippen molar-refractivity contribution < 1.29 is 9.47 Å². The van der Waals surface area contributed by atoms with Crippen LogP contribution in [0.2, 0.25) is 0 Å². The molecule has 1 atom stereocenters. The largest absolute Gasteiger partial charge is 0.497 e. The number of rotatable bonds is 6. The summed E-state index contributed by atoms with van der Waals surface area (Å²) in [6.45, 7) is 8.25. The minimum Gasteiger partial charge on any atom is -0.497 e. The topological polar surface area (TPSA) is 52.6 Å². The van der Waals surface area contributed by atoms with Crippen LogP contribution < -0.4 is 15.0 Å². The van der Waals surface area contributed by atoms with Crippen molar-refractivity contribution >= 4 is 46.3 Å². The Morgan fingerprint density at radius 3 is 2.41 bits per heavy atom. The average molecular weight is 572 g/mol. The van der Waals surface area contributed by atoms with E-state index < -0.39 is 0 Å². The second-order valence-electron chi connectivity index (χ2n) is 7.79. The van der Waals surface area contributed by atoms with Gasteiger partial charge in [0.1, 0.15) is 5.75 Å². The van der Waals surface area contributed by atoms with E-state index in [-0.39, 0.29) is 30.0 Å². The van der Waals surface area contributed by atoms with Crippen molar-refractivity contribution in [3.05, 3.63) is 47.3 Å². The van der Waals surface area contributed by atoms with Crippen LogP contribution in [0, 0.1) is 0 Å². The van der Waals surface area contributed by atoms with E-state index in [9.17, 15) is 0 Å². The number of nitrogens with one attached hydrogen (secondary N) is 1. The van der Waals surface area contributed by atoms with E-state index >= 15 is 0 Å². The van der Waals surface area contributed by atoms with Gasteiger partial charge in [-0.15, -0.1) is 35.3 Å². The Morgan fingerprint density at radius 2 is 1.81 bits per heavy atom. The summed E-state index contributed by atoms with van der Waals surface area (Å²) in [5, 5.41) is 7.16. The number of piperazine rings is 1. The molecule has 0 radical (unpaired) electrons. The van der Waals surface area contributed by atoms with E-state index in [1.165, 1.54) is 10.6 Å². The van der Waals surface area contributed by atoms with E-state index in [1.54, 1.807) is 7.11 Å². The van der Waals surface area contributed by atoms with E-state index in [2.05, 4.69) is 54.7 Å². The number of benzene rings is 1. The van der Waals surface area contributed by atoms with Crippen molar-refractivity contribution in [1.82, 2.24) is 15.1 Å². The molecular weight excluding hydrogens is 537 g/mol. The number of hydrogen-bond donors (Lipinski definition) is 1. The van der Waals surface area contributed by atoms with Crippen molar-refractivity contribution in [2.45, 2.75) is 6.04 Å². The van der Waals surface area contributed by atoms with E-state index in [0.717, 1.165) is 70.7 Å². The number of thiophene rings is 1. The Balaban J connectivity index is 0.00000289. The van der Waals surface area contributed by atoms with Crippen LogP contribution in [0.25, 0.3) is 0 Å². The quantitative estimate of drug-likeness (QED) is 0.327. The van der Waals surface area contributed by atoms with E-state index in [1.807, 2.05) is 30.5 Å². The molecule has 2 fully saturated rings. The van der Waals surface area contributed by atoms with Crippen LogP contribution in [0.1, 0.15) is 11.6 Å². The van der Waals surface area contributed by atoms with E-state index in [4.69, 9.17) is 9.47 Å². The summed E-state index contributed by atoms with van der Waals surface area (Å²) in [6.07, 6.45) is 0. The van der Waals surface area contributed by atoms with Gasteiger partial charge in [0.15, 0.2) is 5.96 Å². The van der Waals surface area contributed by atoms with Gasteiger partial charge < -0.3 is 24.6 Å². The predicted octanol–water partition coefficient (Wildman–Crippen LogP) is 3.15. The van der Waals surface area contributed by atoms with Gasteiger partial charge in [-0.05, 0) is 35.2 Å². The molecule has 0 aliphatic carbocycles. The molecule has 1 N–H and O–H groups in total. The SMILES string of the molecule is CN=C(NCC(c1ccc(OC)cc1)N1CCOCC1)N1CCN(c2cccs2)CC1.I. The number of ether oxygens (including phenoxy) is 2. The third kappa shape index (κ3) is 6.27. The van der Waals surface area contributed by atoms with Crippen LogP contribution >= 0.6 is 35.3 Å². The Labute approximate surface area is 212 Å². The predicted molar refractivity (Wildman–Crippen MR) is 143 cm³/mol. The molecule has 1 aromatic heterocycles. The fraction of sp³-hybridized carbons (Fsp3) is 0.522. The zero-order valence-corrected chi connectivity index (χ0v) is 22.1. The van der Waals surface area contributed by atoms with Gasteiger partial charge in [0, 0.05) is 52.9 Å². The normalized spacial score (nSPS) is 18.8. The second kappa shape index (κ2) is 12.6. The highest BCUT2D eigenvalue weighted by Crippen LogP contribution is 2.25. The van der Waals surface area contributed by atoms with Crippen LogP contribution in [0.15, 0.2) is 46.8 Å². The summed E-state index contributed by atoms with van der Waals surface area (Å²) < 4.78 is 10.9. The van der Waals surface area contributed by atoms with Gasteiger partial charge in [-0.1, -0.05) is 12.1 Å². The summed E-state index contributed by atoms with van der Waals surface area (Å²) in [5.41, 5.74) is 1.29. The van der Waals surface area contributed by atoms with Gasteiger partial charge in [0.25, 0.3) is 0 Å². The van der Waals surface area contributed by atoms with Crippen LogP contribution in [0.4, 0.5) is 5.00 Å². The number of methoxy groups -OCH3 is 1. The Bertz CT molecular complexity index is 819. The molecule has 2 saturated heterocycles. The molecule has 1 unspecified atom stereocenters. The maximum atomic E-state index is 5.59. The first kappa shape index (κ1) is 25.1. The summed E-state index contributed by atoms with van der Waals surface area (Å²) in [4.78, 5) is 11.9. The lowest BCUT2D eigenvalue weighted by atomic mass is 10.0.